The highest BCUT2D eigenvalue weighted by Gasteiger charge is 2.15. The van der Waals surface area contributed by atoms with Crippen LogP contribution >= 0.6 is 0 Å². The zero-order chi connectivity index (χ0) is 17.4. The molecule has 0 aliphatic heterocycles. The van der Waals surface area contributed by atoms with Gasteiger partial charge in [0.05, 0.1) is 13.4 Å². The van der Waals surface area contributed by atoms with Crippen molar-refractivity contribution in [1.29, 1.82) is 0 Å². The van der Waals surface area contributed by atoms with Gasteiger partial charge in [-0.15, -0.1) is 0 Å². The molecule has 126 valence electrons. The van der Waals surface area contributed by atoms with Crippen LogP contribution in [0.2, 0.25) is 0 Å². The molecule has 0 bridgehead atoms. The van der Waals surface area contributed by atoms with Crippen molar-refractivity contribution in [1.82, 2.24) is 5.48 Å². The summed E-state index contributed by atoms with van der Waals surface area (Å²) in [5.41, 5.74) is 4.30. The molecule has 0 aromatic heterocycles. The molecule has 0 heterocycles. The van der Waals surface area contributed by atoms with Gasteiger partial charge in [0.2, 0.25) is 0 Å². The van der Waals surface area contributed by atoms with E-state index in [1.165, 1.54) is 13.4 Å². The topological polar surface area (TPSA) is 88.0 Å². The van der Waals surface area contributed by atoms with Crippen LogP contribution < -0.4 is 10.2 Å². The van der Waals surface area contributed by atoms with E-state index in [0.717, 1.165) is 11.1 Å². The fourth-order valence-electron chi connectivity index (χ4n) is 2.25. The van der Waals surface area contributed by atoms with Crippen molar-refractivity contribution < 1.29 is 24.6 Å². The van der Waals surface area contributed by atoms with Crippen molar-refractivity contribution in [3.63, 3.8) is 0 Å². The van der Waals surface area contributed by atoms with Crippen LogP contribution in [0.5, 0.6) is 5.75 Å². The number of methoxy groups -OCH3 is 1. The molecule has 2 aromatic rings. The van der Waals surface area contributed by atoms with E-state index in [1.54, 1.807) is 30.3 Å². The van der Waals surface area contributed by atoms with Gasteiger partial charge in [-0.25, -0.2) is 10.3 Å². The number of carboxylic acid groups (broad SMARTS) is 1. The minimum absolute atomic E-state index is 0.0648. The lowest BCUT2D eigenvalue weighted by Gasteiger charge is -2.12. The van der Waals surface area contributed by atoms with E-state index < -0.39 is 5.97 Å². The van der Waals surface area contributed by atoms with Gasteiger partial charge in [0.25, 0.3) is 0 Å². The Hall–Kier alpha value is -2.83. The van der Waals surface area contributed by atoms with Gasteiger partial charge >= 0.3 is 5.97 Å². The number of hydrogen-bond donors (Lipinski definition) is 3. The number of benzene rings is 2. The van der Waals surface area contributed by atoms with Crippen molar-refractivity contribution in [3.05, 3.63) is 71.5 Å². The largest absolute Gasteiger partial charge is 0.503 e. The minimum Gasteiger partial charge on any atom is -0.503 e. The highest BCUT2D eigenvalue weighted by atomic mass is 16.5. The molecule has 0 radical (unpaired) electrons. The molecule has 0 saturated carbocycles. The lowest BCUT2D eigenvalue weighted by Crippen LogP contribution is -2.07. The van der Waals surface area contributed by atoms with E-state index in [1.807, 2.05) is 18.2 Å². The summed E-state index contributed by atoms with van der Waals surface area (Å²) in [6.45, 7) is 0.522. The third-order valence-corrected chi connectivity index (χ3v) is 3.35. The Morgan fingerprint density at radius 2 is 2.00 bits per heavy atom. The predicted molar refractivity (Wildman–Crippen MR) is 88.5 cm³/mol. The average Bonchev–Trinajstić information content (AvgIpc) is 2.59. The van der Waals surface area contributed by atoms with Crippen LogP contribution in [-0.4, -0.2) is 23.4 Å². The molecule has 2 aromatic carbocycles. The van der Waals surface area contributed by atoms with Crippen molar-refractivity contribution >= 4 is 11.5 Å². The van der Waals surface area contributed by atoms with Crippen LogP contribution in [-0.2, 0) is 22.7 Å². The molecule has 0 atom stereocenters. The number of aliphatic carboxylic acids is 1. The lowest BCUT2D eigenvalue weighted by atomic mass is 10.0. The highest BCUT2D eigenvalue weighted by molar-refractivity contribution is 6.15. The van der Waals surface area contributed by atoms with Gasteiger partial charge in [0.1, 0.15) is 17.9 Å². The Bertz CT molecular complexity index is 727. The quantitative estimate of drug-likeness (QED) is 0.392. The molecule has 0 spiro atoms. The molecule has 0 saturated heterocycles. The van der Waals surface area contributed by atoms with Crippen LogP contribution in [0.15, 0.2) is 54.8 Å². The second-order valence-electron chi connectivity index (χ2n) is 5.00. The van der Waals surface area contributed by atoms with E-state index in [2.05, 4.69) is 5.48 Å². The molecular weight excluding hydrogens is 310 g/mol. The highest BCUT2D eigenvalue weighted by Crippen LogP contribution is 2.22. The van der Waals surface area contributed by atoms with Crippen LogP contribution in [0, 0.1) is 0 Å². The summed E-state index contributed by atoms with van der Waals surface area (Å²) >= 11 is 0. The summed E-state index contributed by atoms with van der Waals surface area (Å²) in [4.78, 5) is 11.4. The van der Waals surface area contributed by atoms with Gasteiger partial charge in [-0.1, -0.05) is 36.4 Å². The zero-order valence-corrected chi connectivity index (χ0v) is 13.2. The van der Waals surface area contributed by atoms with Crippen molar-refractivity contribution in [2.24, 2.45) is 0 Å². The maximum atomic E-state index is 11.4. The van der Waals surface area contributed by atoms with Gasteiger partial charge in [0, 0.05) is 6.54 Å². The summed E-state index contributed by atoms with van der Waals surface area (Å²) in [6.07, 6.45) is 1.20. The number of hydroxylamine groups is 1. The zero-order valence-electron chi connectivity index (χ0n) is 13.2. The first-order valence-electron chi connectivity index (χ1n) is 7.29. The van der Waals surface area contributed by atoms with Gasteiger partial charge in [0.15, 0.2) is 0 Å². The van der Waals surface area contributed by atoms with Crippen LogP contribution in [0.1, 0.15) is 16.7 Å². The number of rotatable bonds is 8. The van der Waals surface area contributed by atoms with Crippen molar-refractivity contribution in [2.75, 3.05) is 7.11 Å². The molecule has 0 unspecified atom stereocenters. The van der Waals surface area contributed by atoms with Crippen LogP contribution in [0.25, 0.3) is 5.57 Å². The lowest BCUT2D eigenvalue weighted by molar-refractivity contribution is -0.130. The summed E-state index contributed by atoms with van der Waals surface area (Å²) < 4.78 is 10.6. The minimum atomic E-state index is -1.07. The fourth-order valence-corrected chi connectivity index (χ4v) is 2.25. The first-order valence-corrected chi connectivity index (χ1v) is 7.29. The standard InChI is InChI=1S/C18H19NO5/c1-23-12-17(18(20)21)16-8-3-2-6-14(16)11-24-15-7-4-5-13(9-15)10-19-22/h2-9,12,19,22H,10-11H2,1H3,(H,20,21). The Labute approximate surface area is 139 Å². The van der Waals surface area contributed by atoms with E-state index in [-0.39, 0.29) is 12.2 Å². The smallest absolute Gasteiger partial charge is 0.339 e. The molecule has 0 fully saturated rings. The van der Waals surface area contributed by atoms with Crippen LogP contribution in [0.4, 0.5) is 0 Å². The molecule has 0 amide bonds. The number of hydrogen-bond acceptors (Lipinski definition) is 5. The van der Waals surface area contributed by atoms with Crippen molar-refractivity contribution in [2.45, 2.75) is 13.2 Å². The van der Waals surface area contributed by atoms with Crippen molar-refractivity contribution in [3.8, 4) is 5.75 Å². The molecular formula is C18H19NO5. The van der Waals surface area contributed by atoms with E-state index in [0.29, 0.717) is 17.9 Å². The number of ether oxygens (including phenoxy) is 2. The number of carbonyl (C=O) groups is 1. The molecule has 24 heavy (non-hydrogen) atoms. The third-order valence-electron chi connectivity index (χ3n) is 3.35. The predicted octanol–water partition coefficient (Wildman–Crippen LogP) is 2.82. The summed E-state index contributed by atoms with van der Waals surface area (Å²) in [6, 6.07) is 14.4. The van der Waals surface area contributed by atoms with E-state index in [9.17, 15) is 9.90 Å². The number of carboxylic acids is 1. The second kappa shape index (κ2) is 8.71. The summed E-state index contributed by atoms with van der Waals surface area (Å²) in [7, 11) is 1.41. The first kappa shape index (κ1) is 17.5. The van der Waals surface area contributed by atoms with Gasteiger partial charge in [-0.3, -0.25) is 0 Å². The summed E-state index contributed by atoms with van der Waals surface area (Å²) in [5.74, 6) is -0.439. The maximum absolute atomic E-state index is 11.4. The van der Waals surface area contributed by atoms with E-state index in [4.69, 9.17) is 14.7 Å². The Morgan fingerprint density at radius 1 is 1.21 bits per heavy atom. The van der Waals surface area contributed by atoms with Gasteiger partial charge in [-0.05, 0) is 28.8 Å². The SMILES string of the molecule is COC=C(C(=O)O)c1ccccc1COc1cccc(CNO)c1. The van der Waals surface area contributed by atoms with Gasteiger partial charge < -0.3 is 19.8 Å². The van der Waals surface area contributed by atoms with Gasteiger partial charge in [-0.2, -0.15) is 0 Å². The molecule has 6 heteroatoms. The average molecular weight is 329 g/mol. The third kappa shape index (κ3) is 4.58. The second-order valence-corrected chi connectivity index (χ2v) is 5.00. The molecule has 2 rings (SSSR count). The fraction of sp³-hybridized carbons (Fsp3) is 0.167. The molecule has 3 N–H and O–H groups in total. The van der Waals surface area contributed by atoms with E-state index >= 15 is 0 Å². The molecule has 0 aliphatic rings. The Kier molecular flexibility index (Phi) is 6.36. The Balaban J connectivity index is 2.20. The number of nitrogens with one attached hydrogen (secondary N) is 1. The normalized spacial score (nSPS) is 11.2. The van der Waals surface area contributed by atoms with Crippen LogP contribution in [0.3, 0.4) is 0 Å². The summed E-state index contributed by atoms with van der Waals surface area (Å²) in [5, 5.41) is 18.1. The first-order chi connectivity index (χ1) is 11.7. The maximum Gasteiger partial charge on any atom is 0.339 e. The molecule has 6 nitrogen and oxygen atoms in total. The monoisotopic (exact) mass is 329 g/mol. The Morgan fingerprint density at radius 3 is 2.71 bits per heavy atom. The molecule has 0 aliphatic carbocycles.